The van der Waals surface area contributed by atoms with Crippen molar-refractivity contribution in [2.45, 2.75) is 39.3 Å². The van der Waals surface area contributed by atoms with E-state index in [-0.39, 0.29) is 12.4 Å². The summed E-state index contributed by atoms with van der Waals surface area (Å²) in [5, 5.41) is 3.56. The van der Waals surface area contributed by atoms with Gasteiger partial charge in [0, 0.05) is 37.9 Å². The van der Waals surface area contributed by atoms with Gasteiger partial charge in [0.15, 0.2) is 0 Å². The molecule has 1 aromatic rings. The first-order valence-electron chi connectivity index (χ1n) is 8.12. The monoisotopic (exact) mass is 309 g/mol. The molecule has 1 aromatic carbocycles. The number of hydrogen-bond donors (Lipinski definition) is 1. The van der Waals surface area contributed by atoms with Crippen LogP contribution in [-0.4, -0.2) is 48.6 Å². The fourth-order valence-electron chi connectivity index (χ4n) is 3.78. The van der Waals surface area contributed by atoms with Gasteiger partial charge >= 0.3 is 0 Å². The number of likely N-dealkylation sites (tertiary alicyclic amines) is 1. The lowest BCUT2D eigenvalue weighted by atomic mass is 10.1. The van der Waals surface area contributed by atoms with Gasteiger partial charge < -0.3 is 5.32 Å². The Balaban J connectivity index is 0.00000161. The van der Waals surface area contributed by atoms with Crippen molar-refractivity contribution in [1.82, 2.24) is 9.80 Å². The minimum atomic E-state index is 0. The molecule has 2 aliphatic rings. The fourth-order valence-corrected chi connectivity index (χ4v) is 3.78. The molecule has 1 atom stereocenters. The highest BCUT2D eigenvalue weighted by Gasteiger charge is 2.26. The molecule has 2 aliphatic heterocycles. The van der Waals surface area contributed by atoms with Gasteiger partial charge in [-0.2, -0.15) is 0 Å². The summed E-state index contributed by atoms with van der Waals surface area (Å²) in [6.07, 6.45) is 2.51. The van der Waals surface area contributed by atoms with Gasteiger partial charge in [-0.1, -0.05) is 32.0 Å². The van der Waals surface area contributed by atoms with Crippen molar-refractivity contribution < 1.29 is 0 Å². The molecule has 0 radical (unpaired) electrons. The normalized spacial score (nSPS) is 21.2. The first-order valence-corrected chi connectivity index (χ1v) is 8.12. The second-order valence-corrected chi connectivity index (χ2v) is 6.03. The molecule has 118 valence electrons. The molecule has 0 bridgehead atoms. The standard InChI is InChI=1S/C17H27N3.ClH/c1-3-20(4-2)16-9-11-19(13-16)12-15-7-5-6-14-8-10-18-17(14)15;/h5-7,16,18H,3-4,8-13H2,1-2H3;1H. The molecular weight excluding hydrogens is 282 g/mol. The highest BCUT2D eigenvalue weighted by molar-refractivity contribution is 5.85. The highest BCUT2D eigenvalue weighted by Crippen LogP contribution is 2.28. The van der Waals surface area contributed by atoms with E-state index in [0.29, 0.717) is 0 Å². The molecule has 3 nitrogen and oxygen atoms in total. The number of benzene rings is 1. The molecule has 1 unspecified atom stereocenters. The quantitative estimate of drug-likeness (QED) is 0.902. The van der Waals surface area contributed by atoms with E-state index in [4.69, 9.17) is 0 Å². The summed E-state index contributed by atoms with van der Waals surface area (Å²) in [4.78, 5) is 5.23. The minimum absolute atomic E-state index is 0. The molecule has 0 amide bonds. The van der Waals surface area contributed by atoms with Crippen LogP contribution in [0.2, 0.25) is 0 Å². The van der Waals surface area contributed by atoms with E-state index < -0.39 is 0 Å². The Bertz CT molecular complexity index is 459. The average molecular weight is 310 g/mol. The maximum absolute atomic E-state index is 3.56. The van der Waals surface area contributed by atoms with E-state index in [2.05, 4.69) is 47.2 Å². The largest absolute Gasteiger partial charge is 0.384 e. The number of anilines is 1. The van der Waals surface area contributed by atoms with E-state index in [1.807, 2.05) is 0 Å². The number of likely N-dealkylation sites (N-methyl/N-ethyl adjacent to an activating group) is 1. The van der Waals surface area contributed by atoms with Gasteiger partial charge in [0.2, 0.25) is 0 Å². The van der Waals surface area contributed by atoms with E-state index >= 15 is 0 Å². The van der Waals surface area contributed by atoms with Gasteiger partial charge in [-0.25, -0.2) is 0 Å². The van der Waals surface area contributed by atoms with Crippen LogP contribution in [0, 0.1) is 0 Å². The Morgan fingerprint density at radius 2 is 2.10 bits per heavy atom. The highest BCUT2D eigenvalue weighted by atomic mass is 35.5. The molecule has 1 fully saturated rings. The van der Waals surface area contributed by atoms with Crippen molar-refractivity contribution in [3.63, 3.8) is 0 Å². The van der Waals surface area contributed by atoms with Gasteiger partial charge in [-0.15, -0.1) is 12.4 Å². The van der Waals surface area contributed by atoms with Crippen LogP contribution >= 0.6 is 12.4 Å². The number of para-hydroxylation sites is 1. The first-order chi connectivity index (χ1) is 9.81. The number of fused-ring (bicyclic) bond motifs is 1. The van der Waals surface area contributed by atoms with Crippen LogP contribution in [0.15, 0.2) is 18.2 Å². The Kier molecular flexibility index (Phi) is 5.91. The molecule has 4 heteroatoms. The molecule has 0 saturated carbocycles. The van der Waals surface area contributed by atoms with E-state index in [0.717, 1.165) is 19.1 Å². The summed E-state index contributed by atoms with van der Waals surface area (Å²) < 4.78 is 0. The van der Waals surface area contributed by atoms with Crippen LogP contribution in [-0.2, 0) is 13.0 Å². The summed E-state index contributed by atoms with van der Waals surface area (Å²) in [5.74, 6) is 0. The van der Waals surface area contributed by atoms with Gasteiger partial charge in [0.1, 0.15) is 0 Å². The van der Waals surface area contributed by atoms with Crippen molar-refractivity contribution in [2.24, 2.45) is 0 Å². The first kappa shape index (κ1) is 16.6. The van der Waals surface area contributed by atoms with E-state index in [9.17, 15) is 0 Å². The third-order valence-corrected chi connectivity index (χ3v) is 4.90. The fraction of sp³-hybridized carbons (Fsp3) is 0.647. The minimum Gasteiger partial charge on any atom is -0.384 e. The Morgan fingerprint density at radius 3 is 2.86 bits per heavy atom. The Hall–Kier alpha value is -0.770. The molecule has 21 heavy (non-hydrogen) atoms. The van der Waals surface area contributed by atoms with Crippen LogP contribution in [0.3, 0.4) is 0 Å². The molecule has 1 N–H and O–H groups in total. The molecule has 0 spiro atoms. The summed E-state index contributed by atoms with van der Waals surface area (Å²) in [5.41, 5.74) is 4.40. The molecule has 2 heterocycles. The summed E-state index contributed by atoms with van der Waals surface area (Å²) in [6, 6.07) is 7.54. The molecular formula is C17H28ClN3. The van der Waals surface area contributed by atoms with Crippen molar-refractivity contribution in [3.05, 3.63) is 29.3 Å². The zero-order valence-electron chi connectivity index (χ0n) is 13.3. The number of nitrogens with one attached hydrogen (secondary N) is 1. The molecule has 3 rings (SSSR count). The number of nitrogens with zero attached hydrogens (tertiary/aromatic N) is 2. The van der Waals surface area contributed by atoms with Gasteiger partial charge in [-0.05, 0) is 37.1 Å². The van der Waals surface area contributed by atoms with Crippen molar-refractivity contribution in [3.8, 4) is 0 Å². The second kappa shape index (κ2) is 7.48. The van der Waals surface area contributed by atoms with E-state index in [1.54, 1.807) is 0 Å². The summed E-state index contributed by atoms with van der Waals surface area (Å²) >= 11 is 0. The maximum atomic E-state index is 3.56. The van der Waals surface area contributed by atoms with Crippen LogP contribution in [0.5, 0.6) is 0 Å². The van der Waals surface area contributed by atoms with Gasteiger partial charge in [0.05, 0.1) is 0 Å². The molecule has 1 saturated heterocycles. The van der Waals surface area contributed by atoms with E-state index in [1.165, 1.54) is 55.8 Å². The topological polar surface area (TPSA) is 18.5 Å². The van der Waals surface area contributed by atoms with Crippen LogP contribution in [0.1, 0.15) is 31.4 Å². The smallest absolute Gasteiger partial charge is 0.0419 e. The van der Waals surface area contributed by atoms with Crippen molar-refractivity contribution in [2.75, 3.05) is 38.0 Å². The maximum Gasteiger partial charge on any atom is 0.0419 e. The zero-order valence-corrected chi connectivity index (χ0v) is 14.1. The van der Waals surface area contributed by atoms with Gasteiger partial charge in [-0.3, -0.25) is 9.80 Å². The lowest BCUT2D eigenvalue weighted by Crippen LogP contribution is -2.37. The van der Waals surface area contributed by atoms with Gasteiger partial charge in [0.25, 0.3) is 0 Å². The number of rotatable bonds is 5. The predicted octanol–water partition coefficient (Wildman–Crippen LogP) is 2.99. The molecule has 0 aliphatic carbocycles. The van der Waals surface area contributed by atoms with Crippen molar-refractivity contribution in [1.29, 1.82) is 0 Å². The number of hydrogen-bond acceptors (Lipinski definition) is 3. The summed E-state index contributed by atoms with van der Waals surface area (Å²) in [7, 11) is 0. The second-order valence-electron chi connectivity index (χ2n) is 6.03. The third-order valence-electron chi connectivity index (χ3n) is 4.90. The Morgan fingerprint density at radius 1 is 1.29 bits per heavy atom. The average Bonchev–Trinajstić information content (AvgIpc) is 3.10. The molecule has 0 aromatic heterocycles. The zero-order chi connectivity index (χ0) is 13.9. The number of halogens is 1. The van der Waals surface area contributed by atoms with Crippen LogP contribution in [0.25, 0.3) is 0 Å². The van der Waals surface area contributed by atoms with Crippen LogP contribution in [0.4, 0.5) is 5.69 Å². The predicted molar refractivity (Wildman–Crippen MR) is 92.5 cm³/mol. The van der Waals surface area contributed by atoms with Crippen LogP contribution < -0.4 is 5.32 Å². The van der Waals surface area contributed by atoms with Crippen molar-refractivity contribution >= 4 is 18.1 Å². The third kappa shape index (κ3) is 3.53. The summed E-state index contributed by atoms with van der Waals surface area (Å²) in [6.45, 7) is 11.6. The Labute approximate surface area is 135 Å². The lowest BCUT2D eigenvalue weighted by Gasteiger charge is -2.26. The lowest BCUT2D eigenvalue weighted by molar-refractivity contribution is 0.209. The SMILES string of the molecule is CCN(CC)C1CCN(Cc2cccc3c2NCC3)C1.Cl.